The van der Waals surface area contributed by atoms with Gasteiger partial charge in [0.05, 0.1) is 32.6 Å². The van der Waals surface area contributed by atoms with Crippen LogP contribution in [0.4, 0.5) is 5.69 Å². The van der Waals surface area contributed by atoms with Crippen molar-refractivity contribution in [2.75, 3.05) is 6.61 Å². The average molecular weight is 485 g/mol. The second-order valence-corrected chi connectivity index (χ2v) is 10.6. The van der Waals surface area contributed by atoms with Gasteiger partial charge in [0.2, 0.25) is 5.91 Å². The van der Waals surface area contributed by atoms with Crippen LogP contribution < -0.4 is 15.4 Å². The number of nitro benzene ring substituents is 1. The molecule has 10 heteroatoms. The largest absolute Gasteiger partial charge is 0.494 e. The molecule has 2 aromatic carbocycles. The van der Waals surface area contributed by atoms with Gasteiger partial charge in [0.25, 0.3) is 5.69 Å². The molecule has 0 radical (unpaired) electrons. The van der Waals surface area contributed by atoms with Crippen molar-refractivity contribution in [1.29, 1.82) is 0 Å². The van der Waals surface area contributed by atoms with E-state index >= 15 is 0 Å². The molecule has 1 aliphatic heterocycles. The fraction of sp³-hybridized carbons (Fsp3) is 0.391. The Kier molecular flexibility index (Phi) is 6.22. The van der Waals surface area contributed by atoms with Gasteiger partial charge in [-0.05, 0) is 49.6 Å². The van der Waals surface area contributed by atoms with Crippen LogP contribution in [-0.4, -0.2) is 28.5 Å². The zero-order valence-electron chi connectivity index (χ0n) is 18.1. The van der Waals surface area contributed by atoms with Gasteiger partial charge in [-0.3, -0.25) is 20.2 Å². The lowest BCUT2D eigenvalue weighted by Gasteiger charge is -2.40. The third-order valence-corrected chi connectivity index (χ3v) is 8.28. The molecule has 1 amide bonds. The Hall–Kier alpha value is -2.69. The molecule has 8 nitrogen and oxygen atoms in total. The van der Waals surface area contributed by atoms with Gasteiger partial charge < -0.3 is 10.1 Å². The zero-order valence-corrected chi connectivity index (χ0v) is 19.7. The van der Waals surface area contributed by atoms with Crippen molar-refractivity contribution in [2.45, 2.75) is 54.0 Å². The van der Waals surface area contributed by atoms with E-state index in [9.17, 15) is 14.9 Å². The summed E-state index contributed by atoms with van der Waals surface area (Å²) < 4.78 is 7.25. The number of ether oxygens (including phenoxy) is 1. The predicted molar refractivity (Wildman–Crippen MR) is 128 cm³/mol. The first-order chi connectivity index (χ1) is 16.0. The van der Waals surface area contributed by atoms with Gasteiger partial charge in [-0.1, -0.05) is 30.7 Å². The Bertz CT molecular complexity index is 1210. The summed E-state index contributed by atoms with van der Waals surface area (Å²) in [6.07, 6.45) is 3.58. The minimum absolute atomic E-state index is 0.00794. The van der Waals surface area contributed by atoms with Crippen molar-refractivity contribution >= 4 is 44.9 Å². The molecule has 0 unspecified atom stereocenters. The maximum Gasteiger partial charge on any atom is 0.283 e. The van der Waals surface area contributed by atoms with Crippen LogP contribution in [0.1, 0.15) is 44.3 Å². The van der Waals surface area contributed by atoms with E-state index < -0.39 is 6.17 Å². The fourth-order valence-electron chi connectivity index (χ4n) is 4.55. The molecular formula is C23H24N4O4S2. The minimum Gasteiger partial charge on any atom is -0.494 e. The second kappa shape index (κ2) is 9.28. The molecule has 0 spiro atoms. The number of carbonyl (C=O) groups excluding carboxylic acids is 1. The molecule has 3 aromatic rings. The Morgan fingerprint density at radius 2 is 2.09 bits per heavy atom. The Morgan fingerprint density at radius 3 is 2.91 bits per heavy atom. The summed E-state index contributed by atoms with van der Waals surface area (Å²) in [7, 11) is 0. The molecule has 1 aliphatic carbocycles. The first kappa shape index (κ1) is 22.1. The maximum absolute atomic E-state index is 12.6. The van der Waals surface area contributed by atoms with E-state index in [2.05, 4.69) is 15.6 Å². The lowest BCUT2D eigenvalue weighted by molar-refractivity contribution is -0.387. The Balaban J connectivity index is 1.39. The number of benzene rings is 2. The van der Waals surface area contributed by atoms with Crippen LogP contribution >= 0.6 is 23.1 Å². The van der Waals surface area contributed by atoms with E-state index in [0.29, 0.717) is 17.1 Å². The van der Waals surface area contributed by atoms with Gasteiger partial charge in [0, 0.05) is 12.1 Å². The second-order valence-electron chi connectivity index (χ2n) is 8.23. The zero-order chi connectivity index (χ0) is 22.9. The molecule has 2 heterocycles. The molecule has 5 rings (SSSR count). The van der Waals surface area contributed by atoms with Crippen molar-refractivity contribution in [3.8, 4) is 5.75 Å². The van der Waals surface area contributed by atoms with Gasteiger partial charge in [-0.2, -0.15) is 0 Å². The highest BCUT2D eigenvalue weighted by molar-refractivity contribution is 8.01. The summed E-state index contributed by atoms with van der Waals surface area (Å²) in [5.41, 5.74) is 1.53. The summed E-state index contributed by atoms with van der Waals surface area (Å²) in [6.45, 7) is 2.52. The highest BCUT2D eigenvalue weighted by Gasteiger charge is 2.38. The van der Waals surface area contributed by atoms with Gasteiger partial charge in [0.1, 0.15) is 11.9 Å². The Morgan fingerprint density at radius 1 is 1.24 bits per heavy atom. The van der Waals surface area contributed by atoms with E-state index in [1.54, 1.807) is 12.1 Å². The molecule has 2 N–H and O–H groups in total. The topological polar surface area (TPSA) is 106 Å². The monoisotopic (exact) mass is 484 g/mol. The van der Waals surface area contributed by atoms with Crippen LogP contribution in [0.15, 0.2) is 45.6 Å². The van der Waals surface area contributed by atoms with Crippen LogP contribution in [0.25, 0.3) is 10.2 Å². The number of nitrogens with one attached hydrogen (secondary N) is 2. The number of aromatic nitrogens is 1. The van der Waals surface area contributed by atoms with Gasteiger partial charge in [-0.15, -0.1) is 11.3 Å². The van der Waals surface area contributed by atoms with Crippen molar-refractivity contribution in [3.63, 3.8) is 0 Å². The molecule has 1 saturated carbocycles. The number of thiazole rings is 1. The quantitative estimate of drug-likeness (QED) is 0.373. The molecule has 1 saturated heterocycles. The summed E-state index contributed by atoms with van der Waals surface area (Å²) in [5.74, 6) is 0.801. The number of fused-ring (bicyclic) bond motifs is 2. The number of hydrogen-bond acceptors (Lipinski definition) is 8. The molecule has 33 heavy (non-hydrogen) atoms. The normalized spacial score (nSPS) is 22.6. The smallest absolute Gasteiger partial charge is 0.283 e. The lowest BCUT2D eigenvalue weighted by atomic mass is 9.82. The molecule has 2 fully saturated rings. The summed E-state index contributed by atoms with van der Waals surface area (Å²) in [4.78, 5) is 29.2. The summed E-state index contributed by atoms with van der Waals surface area (Å²) in [6, 6.07) is 11.0. The highest BCUT2D eigenvalue weighted by atomic mass is 32.2. The van der Waals surface area contributed by atoms with Crippen LogP contribution in [0.3, 0.4) is 0 Å². The minimum atomic E-state index is -0.422. The molecule has 2 aliphatic rings. The van der Waals surface area contributed by atoms with Gasteiger partial charge >= 0.3 is 0 Å². The SMILES string of the molecule is CCOc1ccc2nc(Sc3ccc([C@@H]4NC(=O)[C@H]5CCCC[C@H]5N4)cc3[N+](=O)[O-])sc2c1. The van der Waals surface area contributed by atoms with Crippen molar-refractivity contribution < 1.29 is 14.5 Å². The fourth-order valence-corrected chi connectivity index (χ4v) is 6.69. The van der Waals surface area contributed by atoms with Crippen molar-refractivity contribution in [2.24, 2.45) is 5.92 Å². The standard InChI is InChI=1S/C23H24N4O4S2/c1-2-31-14-8-9-17-20(12-14)33-23(25-17)32-19-10-7-13(11-18(19)27(29)30)21-24-16-6-4-3-5-15(16)22(28)26-21/h7-12,15-16,21,24H,2-6H2,1H3,(H,26,28)/t15-,16+,21-/m0/s1. The maximum atomic E-state index is 12.6. The van der Waals surface area contributed by atoms with Crippen molar-refractivity contribution in [3.05, 3.63) is 52.1 Å². The number of nitro groups is 1. The highest BCUT2D eigenvalue weighted by Crippen LogP contribution is 2.40. The number of rotatable bonds is 6. The van der Waals surface area contributed by atoms with Crippen molar-refractivity contribution in [1.82, 2.24) is 15.6 Å². The summed E-state index contributed by atoms with van der Waals surface area (Å²) in [5, 5.41) is 18.4. The van der Waals surface area contributed by atoms with E-state index in [1.807, 2.05) is 31.2 Å². The Labute approximate surface area is 199 Å². The van der Waals surface area contributed by atoms with Gasteiger partial charge in [-0.25, -0.2) is 4.98 Å². The van der Waals surface area contributed by atoms with Crippen LogP contribution in [0, 0.1) is 16.0 Å². The number of nitrogens with zero attached hydrogens (tertiary/aromatic N) is 2. The predicted octanol–water partition coefficient (Wildman–Crippen LogP) is 5.03. The first-order valence-electron chi connectivity index (χ1n) is 11.1. The summed E-state index contributed by atoms with van der Waals surface area (Å²) >= 11 is 2.76. The molecule has 172 valence electrons. The number of amides is 1. The van der Waals surface area contributed by atoms with E-state index in [1.165, 1.54) is 23.1 Å². The molecule has 1 aromatic heterocycles. The van der Waals surface area contributed by atoms with Crippen LogP contribution in [0.2, 0.25) is 0 Å². The molecular weight excluding hydrogens is 460 g/mol. The lowest BCUT2D eigenvalue weighted by Crippen LogP contribution is -2.57. The van der Waals surface area contributed by atoms with Crippen LogP contribution in [0.5, 0.6) is 5.75 Å². The average Bonchev–Trinajstić information content (AvgIpc) is 3.21. The van der Waals surface area contributed by atoms with Gasteiger partial charge in [0.15, 0.2) is 4.34 Å². The first-order valence-corrected chi connectivity index (χ1v) is 12.7. The van der Waals surface area contributed by atoms with E-state index in [0.717, 1.165) is 46.0 Å². The molecule has 3 atom stereocenters. The molecule has 0 bridgehead atoms. The van der Waals surface area contributed by atoms with Crippen LogP contribution in [-0.2, 0) is 4.79 Å². The van der Waals surface area contributed by atoms with E-state index in [4.69, 9.17) is 4.74 Å². The van der Waals surface area contributed by atoms with E-state index in [-0.39, 0.29) is 28.5 Å². The third-order valence-electron chi connectivity index (χ3n) is 6.13. The number of hydrogen-bond donors (Lipinski definition) is 2. The number of carbonyl (C=O) groups is 1. The third kappa shape index (κ3) is 4.55.